The summed E-state index contributed by atoms with van der Waals surface area (Å²) >= 11 is 0. The van der Waals surface area contributed by atoms with Crippen LogP contribution in [0.4, 0.5) is 0 Å². The molecule has 0 aliphatic carbocycles. The number of amidine groups is 1. The van der Waals surface area contributed by atoms with Crippen LogP contribution >= 0.6 is 0 Å². The van der Waals surface area contributed by atoms with E-state index in [1.165, 1.54) is 4.31 Å². The van der Waals surface area contributed by atoms with Crippen molar-refractivity contribution in [3.63, 3.8) is 0 Å². The Balaban J connectivity index is 1.66. The van der Waals surface area contributed by atoms with Gasteiger partial charge in [0.25, 0.3) is 5.91 Å². The Kier molecular flexibility index (Phi) is 5.81. The molecule has 1 aliphatic rings. The molecule has 2 aromatic rings. The van der Waals surface area contributed by atoms with Crippen molar-refractivity contribution in [3.8, 4) is 0 Å². The van der Waals surface area contributed by atoms with Crippen molar-refractivity contribution in [2.24, 2.45) is 5.73 Å². The lowest BCUT2D eigenvalue weighted by atomic mass is 10.1. The van der Waals surface area contributed by atoms with Gasteiger partial charge in [0, 0.05) is 37.3 Å². The first kappa shape index (κ1) is 20.0. The van der Waals surface area contributed by atoms with Gasteiger partial charge in [-0.05, 0) is 36.2 Å². The van der Waals surface area contributed by atoms with Crippen LogP contribution in [0.3, 0.4) is 0 Å². The maximum absolute atomic E-state index is 12.8. The lowest BCUT2D eigenvalue weighted by Gasteiger charge is -2.34. The molecule has 28 heavy (non-hydrogen) atoms. The molecule has 1 aliphatic heterocycles. The Morgan fingerprint density at radius 2 is 1.50 bits per heavy atom. The average Bonchev–Trinajstić information content (AvgIpc) is 2.73. The number of carbonyl (C=O) groups excluding carboxylic acids is 1. The third kappa shape index (κ3) is 4.07. The first-order chi connectivity index (χ1) is 13.3. The zero-order valence-electron chi connectivity index (χ0n) is 15.8. The first-order valence-electron chi connectivity index (χ1n) is 9.15. The SMILES string of the molecule is CCc1ccc(S(=O)(=O)N2CCN(C(=O)c3ccc(C(=N)N)cc3)CC2)cc1. The number of piperazine rings is 1. The standard InChI is InChI=1S/C20H24N4O3S/c1-2-15-3-9-18(10-4-15)28(26,27)24-13-11-23(12-14-24)20(25)17-7-5-16(6-8-17)19(21)22/h3-10H,2,11-14H2,1H3,(H3,21,22). The molecule has 1 amide bonds. The highest BCUT2D eigenvalue weighted by atomic mass is 32.2. The third-order valence-electron chi connectivity index (χ3n) is 4.94. The summed E-state index contributed by atoms with van der Waals surface area (Å²) in [5.41, 5.74) is 7.57. The molecule has 1 fully saturated rings. The fourth-order valence-electron chi connectivity index (χ4n) is 3.15. The molecule has 148 valence electrons. The maximum atomic E-state index is 12.8. The quantitative estimate of drug-likeness (QED) is 0.588. The van der Waals surface area contributed by atoms with Crippen molar-refractivity contribution < 1.29 is 13.2 Å². The van der Waals surface area contributed by atoms with Gasteiger partial charge in [-0.3, -0.25) is 10.2 Å². The van der Waals surface area contributed by atoms with E-state index in [2.05, 4.69) is 0 Å². The molecule has 2 aromatic carbocycles. The molecule has 1 saturated heterocycles. The number of nitrogens with zero attached hydrogens (tertiary/aromatic N) is 2. The van der Waals surface area contributed by atoms with E-state index in [4.69, 9.17) is 11.1 Å². The number of rotatable bonds is 5. The van der Waals surface area contributed by atoms with Gasteiger partial charge >= 0.3 is 0 Å². The number of aryl methyl sites for hydroxylation is 1. The molecule has 0 radical (unpaired) electrons. The van der Waals surface area contributed by atoms with Gasteiger partial charge < -0.3 is 10.6 Å². The van der Waals surface area contributed by atoms with Gasteiger partial charge in [-0.1, -0.05) is 31.2 Å². The van der Waals surface area contributed by atoms with Crippen molar-refractivity contribution in [2.45, 2.75) is 18.2 Å². The minimum absolute atomic E-state index is 0.0511. The zero-order chi connectivity index (χ0) is 20.3. The number of hydrogen-bond donors (Lipinski definition) is 2. The largest absolute Gasteiger partial charge is 0.384 e. The summed E-state index contributed by atoms with van der Waals surface area (Å²) in [5, 5.41) is 7.40. The van der Waals surface area contributed by atoms with Crippen LogP contribution in [0.1, 0.15) is 28.4 Å². The molecule has 0 unspecified atom stereocenters. The minimum Gasteiger partial charge on any atom is -0.384 e. The van der Waals surface area contributed by atoms with Crippen LogP contribution < -0.4 is 5.73 Å². The summed E-state index contributed by atoms with van der Waals surface area (Å²) in [6, 6.07) is 13.5. The summed E-state index contributed by atoms with van der Waals surface area (Å²) < 4.78 is 27.1. The average molecular weight is 401 g/mol. The van der Waals surface area contributed by atoms with E-state index in [9.17, 15) is 13.2 Å². The highest BCUT2D eigenvalue weighted by Gasteiger charge is 2.30. The smallest absolute Gasteiger partial charge is 0.253 e. The molecule has 0 atom stereocenters. The molecule has 3 rings (SSSR count). The molecule has 3 N–H and O–H groups in total. The van der Waals surface area contributed by atoms with Crippen LogP contribution in [0.5, 0.6) is 0 Å². The van der Waals surface area contributed by atoms with Gasteiger partial charge in [-0.2, -0.15) is 4.31 Å². The predicted molar refractivity (Wildman–Crippen MR) is 108 cm³/mol. The van der Waals surface area contributed by atoms with Crippen molar-refractivity contribution >= 4 is 21.8 Å². The second kappa shape index (κ2) is 8.12. The van der Waals surface area contributed by atoms with Crippen LogP contribution in [0.15, 0.2) is 53.4 Å². The summed E-state index contributed by atoms with van der Waals surface area (Å²) in [5.74, 6) is -0.204. The second-order valence-corrected chi connectivity index (χ2v) is 8.62. The number of hydrogen-bond acceptors (Lipinski definition) is 4. The summed E-state index contributed by atoms with van der Waals surface area (Å²) in [7, 11) is -3.56. The number of nitrogens with one attached hydrogen (secondary N) is 1. The third-order valence-corrected chi connectivity index (χ3v) is 6.85. The van der Waals surface area contributed by atoms with Crippen molar-refractivity contribution in [1.29, 1.82) is 5.41 Å². The van der Waals surface area contributed by atoms with Crippen LogP contribution in [0, 0.1) is 5.41 Å². The number of carbonyl (C=O) groups is 1. The Hall–Kier alpha value is -2.71. The monoisotopic (exact) mass is 400 g/mol. The fraction of sp³-hybridized carbons (Fsp3) is 0.300. The number of nitrogen functional groups attached to an aromatic ring is 1. The summed E-state index contributed by atoms with van der Waals surface area (Å²) in [6.45, 7) is 3.21. The summed E-state index contributed by atoms with van der Waals surface area (Å²) in [4.78, 5) is 14.6. The van der Waals surface area contributed by atoms with Crippen molar-refractivity contribution in [3.05, 3.63) is 65.2 Å². The van der Waals surface area contributed by atoms with Gasteiger partial charge in [0.05, 0.1) is 4.90 Å². The highest BCUT2D eigenvalue weighted by Crippen LogP contribution is 2.19. The highest BCUT2D eigenvalue weighted by molar-refractivity contribution is 7.89. The van der Waals surface area contributed by atoms with Crippen LogP contribution in [-0.2, 0) is 16.4 Å². The molecule has 0 aromatic heterocycles. The Bertz CT molecular complexity index is 962. The topological polar surface area (TPSA) is 108 Å². The number of nitrogens with two attached hydrogens (primary N) is 1. The van der Waals surface area contributed by atoms with E-state index in [-0.39, 0.29) is 29.7 Å². The second-order valence-electron chi connectivity index (χ2n) is 6.68. The molecular formula is C20H24N4O3S. The molecule has 1 heterocycles. The lowest BCUT2D eigenvalue weighted by molar-refractivity contribution is 0.0698. The van der Waals surface area contributed by atoms with E-state index in [0.717, 1.165) is 12.0 Å². The minimum atomic E-state index is -3.56. The maximum Gasteiger partial charge on any atom is 0.253 e. The molecule has 7 nitrogen and oxygen atoms in total. The normalized spacial score (nSPS) is 15.4. The molecule has 0 saturated carbocycles. The zero-order valence-corrected chi connectivity index (χ0v) is 16.6. The van der Waals surface area contributed by atoms with Gasteiger partial charge in [0.2, 0.25) is 10.0 Å². The molecular weight excluding hydrogens is 376 g/mol. The molecule has 8 heteroatoms. The van der Waals surface area contributed by atoms with E-state index in [0.29, 0.717) is 24.2 Å². The van der Waals surface area contributed by atoms with Gasteiger partial charge in [0.1, 0.15) is 5.84 Å². The Morgan fingerprint density at radius 3 is 2.00 bits per heavy atom. The number of benzene rings is 2. The van der Waals surface area contributed by atoms with E-state index in [1.54, 1.807) is 41.3 Å². The predicted octanol–water partition coefficient (Wildman–Crippen LogP) is 1.68. The van der Waals surface area contributed by atoms with Gasteiger partial charge in [-0.15, -0.1) is 0 Å². The van der Waals surface area contributed by atoms with Crippen molar-refractivity contribution in [2.75, 3.05) is 26.2 Å². The first-order valence-corrected chi connectivity index (χ1v) is 10.6. The number of amides is 1. The van der Waals surface area contributed by atoms with E-state index < -0.39 is 10.0 Å². The van der Waals surface area contributed by atoms with Gasteiger partial charge in [0.15, 0.2) is 0 Å². The van der Waals surface area contributed by atoms with E-state index >= 15 is 0 Å². The molecule has 0 spiro atoms. The van der Waals surface area contributed by atoms with Crippen molar-refractivity contribution in [1.82, 2.24) is 9.21 Å². The Morgan fingerprint density at radius 1 is 0.964 bits per heavy atom. The van der Waals surface area contributed by atoms with Crippen LogP contribution in [-0.4, -0.2) is 55.5 Å². The lowest BCUT2D eigenvalue weighted by Crippen LogP contribution is -2.50. The number of sulfonamides is 1. The molecule has 0 bridgehead atoms. The fourth-order valence-corrected chi connectivity index (χ4v) is 4.57. The van der Waals surface area contributed by atoms with Crippen LogP contribution in [0.2, 0.25) is 0 Å². The van der Waals surface area contributed by atoms with E-state index in [1.807, 2.05) is 19.1 Å². The summed E-state index contributed by atoms with van der Waals surface area (Å²) in [6.07, 6.45) is 0.856. The Labute approximate surface area is 165 Å². The van der Waals surface area contributed by atoms with Gasteiger partial charge in [-0.25, -0.2) is 8.42 Å². The van der Waals surface area contributed by atoms with Crippen LogP contribution in [0.25, 0.3) is 0 Å².